The van der Waals surface area contributed by atoms with Crippen molar-refractivity contribution in [1.29, 1.82) is 0 Å². The molecule has 2 aromatic carbocycles. The fourth-order valence-corrected chi connectivity index (χ4v) is 3.82. The molecule has 0 bridgehead atoms. The van der Waals surface area contributed by atoms with Gasteiger partial charge in [0.1, 0.15) is 11.5 Å². The summed E-state index contributed by atoms with van der Waals surface area (Å²) in [6, 6.07) is 14.0. The van der Waals surface area contributed by atoms with E-state index in [0.29, 0.717) is 17.9 Å². The monoisotopic (exact) mass is 408 g/mol. The molecular formula is C24H28N2O4. The van der Waals surface area contributed by atoms with Crippen molar-refractivity contribution >= 4 is 17.4 Å². The Hall–Kier alpha value is -3.12. The lowest BCUT2D eigenvalue weighted by Crippen LogP contribution is -2.32. The van der Waals surface area contributed by atoms with Crippen LogP contribution in [0.3, 0.4) is 0 Å². The number of hydrogen-bond acceptors (Lipinski definition) is 5. The minimum absolute atomic E-state index is 0.129. The molecular weight excluding hydrogens is 380 g/mol. The van der Waals surface area contributed by atoms with Crippen LogP contribution >= 0.6 is 0 Å². The molecule has 3 rings (SSSR count). The van der Waals surface area contributed by atoms with E-state index in [2.05, 4.69) is 0 Å². The van der Waals surface area contributed by atoms with Crippen molar-refractivity contribution in [3.05, 3.63) is 70.8 Å². The lowest BCUT2D eigenvalue weighted by Gasteiger charge is -2.26. The molecule has 1 fully saturated rings. The van der Waals surface area contributed by atoms with Crippen molar-refractivity contribution in [2.24, 2.45) is 0 Å². The van der Waals surface area contributed by atoms with Gasteiger partial charge in [-0.05, 0) is 63.3 Å². The van der Waals surface area contributed by atoms with E-state index in [1.54, 1.807) is 30.2 Å². The number of nitrogens with zero attached hydrogens (tertiary/aromatic N) is 2. The second-order valence-corrected chi connectivity index (χ2v) is 7.74. The van der Waals surface area contributed by atoms with Crippen LogP contribution in [0.15, 0.2) is 54.1 Å². The Balaban J connectivity index is 2.09. The summed E-state index contributed by atoms with van der Waals surface area (Å²) in [6.07, 6.45) is 0.727. The minimum atomic E-state index is -0.651. The van der Waals surface area contributed by atoms with Gasteiger partial charge in [-0.25, -0.2) is 0 Å². The summed E-state index contributed by atoms with van der Waals surface area (Å²) in [6.45, 7) is 3.06. The molecule has 0 radical (unpaired) electrons. The molecule has 0 aliphatic carbocycles. The van der Waals surface area contributed by atoms with Gasteiger partial charge in [0.05, 0.1) is 18.7 Å². The van der Waals surface area contributed by atoms with Gasteiger partial charge in [-0.2, -0.15) is 0 Å². The summed E-state index contributed by atoms with van der Waals surface area (Å²) in [7, 11) is 5.51. The smallest absolute Gasteiger partial charge is 0.295 e. The Labute approximate surface area is 177 Å². The van der Waals surface area contributed by atoms with Crippen molar-refractivity contribution in [3.8, 4) is 5.75 Å². The predicted octanol–water partition coefficient (Wildman–Crippen LogP) is 3.38. The van der Waals surface area contributed by atoms with Crippen LogP contribution < -0.4 is 4.74 Å². The topological polar surface area (TPSA) is 70.1 Å². The Morgan fingerprint density at radius 3 is 2.43 bits per heavy atom. The Morgan fingerprint density at radius 2 is 1.83 bits per heavy atom. The van der Waals surface area contributed by atoms with E-state index in [0.717, 1.165) is 24.1 Å². The number of hydrogen-bond donors (Lipinski definition) is 1. The van der Waals surface area contributed by atoms with Gasteiger partial charge in [-0.3, -0.25) is 9.59 Å². The highest BCUT2D eigenvalue weighted by Gasteiger charge is 2.45. The average Bonchev–Trinajstić information content (AvgIpc) is 2.98. The van der Waals surface area contributed by atoms with Gasteiger partial charge < -0.3 is 19.6 Å². The molecule has 1 amide bonds. The average molecular weight is 408 g/mol. The largest absolute Gasteiger partial charge is 0.507 e. The normalized spacial score (nSPS) is 18.3. The van der Waals surface area contributed by atoms with Crippen LogP contribution in [0.1, 0.15) is 29.2 Å². The second kappa shape index (κ2) is 9.13. The lowest BCUT2D eigenvalue weighted by molar-refractivity contribution is -0.139. The highest BCUT2D eigenvalue weighted by molar-refractivity contribution is 6.46. The number of Topliss-reactive ketones (excluding diaryl/α,β-unsaturated/α-hetero) is 1. The number of carbonyl (C=O) groups excluding carboxylic acids is 2. The molecule has 0 aromatic heterocycles. The second-order valence-electron chi connectivity index (χ2n) is 7.74. The van der Waals surface area contributed by atoms with Crippen LogP contribution in [0.25, 0.3) is 5.76 Å². The number of ether oxygens (including phenoxy) is 1. The molecule has 1 heterocycles. The molecule has 6 heteroatoms. The van der Waals surface area contributed by atoms with Gasteiger partial charge in [-0.1, -0.05) is 30.3 Å². The third-order valence-corrected chi connectivity index (χ3v) is 5.35. The lowest BCUT2D eigenvalue weighted by atomic mass is 9.94. The molecule has 2 aromatic rings. The number of aryl methyl sites for hydroxylation is 1. The van der Waals surface area contributed by atoms with E-state index in [9.17, 15) is 14.7 Å². The van der Waals surface area contributed by atoms with Crippen LogP contribution in [-0.2, 0) is 9.59 Å². The van der Waals surface area contributed by atoms with E-state index in [1.807, 2.05) is 56.3 Å². The highest BCUT2D eigenvalue weighted by Crippen LogP contribution is 2.40. The van der Waals surface area contributed by atoms with Crippen molar-refractivity contribution in [2.75, 3.05) is 34.3 Å². The van der Waals surface area contributed by atoms with Crippen LogP contribution in [0.2, 0.25) is 0 Å². The van der Waals surface area contributed by atoms with E-state index in [1.165, 1.54) is 0 Å². The number of ketones is 1. The summed E-state index contributed by atoms with van der Waals surface area (Å²) in [4.78, 5) is 29.5. The number of benzene rings is 2. The number of carbonyl (C=O) groups is 2. The van der Waals surface area contributed by atoms with E-state index >= 15 is 0 Å². The van der Waals surface area contributed by atoms with Gasteiger partial charge in [0.25, 0.3) is 11.7 Å². The molecule has 1 aliphatic heterocycles. The van der Waals surface area contributed by atoms with Crippen molar-refractivity contribution in [2.45, 2.75) is 19.4 Å². The van der Waals surface area contributed by atoms with Gasteiger partial charge in [0.2, 0.25) is 0 Å². The van der Waals surface area contributed by atoms with Gasteiger partial charge in [-0.15, -0.1) is 0 Å². The molecule has 1 atom stereocenters. The first-order valence-electron chi connectivity index (χ1n) is 9.98. The number of likely N-dealkylation sites (tertiary alicyclic amines) is 1. The summed E-state index contributed by atoms with van der Waals surface area (Å²) >= 11 is 0. The first-order chi connectivity index (χ1) is 14.3. The summed E-state index contributed by atoms with van der Waals surface area (Å²) < 4.78 is 5.23. The van der Waals surface area contributed by atoms with Gasteiger partial charge in [0.15, 0.2) is 0 Å². The molecule has 1 saturated heterocycles. The first-order valence-corrected chi connectivity index (χ1v) is 9.98. The summed E-state index contributed by atoms with van der Waals surface area (Å²) in [5.41, 5.74) is 2.21. The van der Waals surface area contributed by atoms with E-state index < -0.39 is 17.7 Å². The van der Waals surface area contributed by atoms with Crippen molar-refractivity contribution < 1.29 is 19.4 Å². The zero-order valence-corrected chi connectivity index (χ0v) is 17.9. The van der Waals surface area contributed by atoms with Crippen molar-refractivity contribution in [3.63, 3.8) is 0 Å². The van der Waals surface area contributed by atoms with Crippen LogP contribution in [0.4, 0.5) is 0 Å². The highest BCUT2D eigenvalue weighted by atomic mass is 16.5. The maximum atomic E-state index is 13.0. The fourth-order valence-electron chi connectivity index (χ4n) is 3.82. The zero-order chi connectivity index (χ0) is 21.8. The van der Waals surface area contributed by atoms with Crippen LogP contribution in [0.5, 0.6) is 5.75 Å². The molecule has 0 spiro atoms. The van der Waals surface area contributed by atoms with Gasteiger partial charge in [0, 0.05) is 12.1 Å². The number of rotatable bonds is 7. The molecule has 1 unspecified atom stereocenters. The molecule has 1 aliphatic rings. The Kier molecular flexibility index (Phi) is 6.57. The maximum Gasteiger partial charge on any atom is 0.295 e. The molecule has 158 valence electrons. The third kappa shape index (κ3) is 4.24. The number of aliphatic hydroxyl groups excluding tert-OH is 1. The van der Waals surface area contributed by atoms with E-state index in [-0.39, 0.29) is 11.3 Å². The quantitative estimate of drug-likeness (QED) is 0.432. The maximum absolute atomic E-state index is 13.0. The SMILES string of the molecule is COc1ccc(/C(O)=C2/C(=O)C(=O)N(CCCN(C)C)C2c2ccccc2)c(C)c1. The zero-order valence-electron chi connectivity index (χ0n) is 17.9. The number of aliphatic hydroxyl groups is 1. The minimum Gasteiger partial charge on any atom is -0.507 e. The first kappa shape index (κ1) is 21.6. The van der Waals surface area contributed by atoms with E-state index in [4.69, 9.17) is 4.74 Å². The Bertz CT molecular complexity index is 966. The standard InChI is InChI=1S/C24H28N2O4/c1-16-15-18(30-4)11-12-19(16)22(27)20-21(17-9-6-5-7-10-17)26(24(29)23(20)28)14-8-13-25(2)3/h5-7,9-12,15,21,27H,8,13-14H2,1-4H3/b22-20-. The third-order valence-electron chi connectivity index (χ3n) is 5.35. The molecule has 1 N–H and O–H groups in total. The van der Waals surface area contributed by atoms with Crippen LogP contribution in [0, 0.1) is 6.92 Å². The molecule has 0 saturated carbocycles. The summed E-state index contributed by atoms with van der Waals surface area (Å²) in [5, 5.41) is 11.1. The molecule has 30 heavy (non-hydrogen) atoms. The number of amides is 1. The summed E-state index contributed by atoms with van der Waals surface area (Å²) in [5.74, 6) is -0.720. The molecule has 6 nitrogen and oxygen atoms in total. The van der Waals surface area contributed by atoms with Gasteiger partial charge >= 0.3 is 0 Å². The predicted molar refractivity (Wildman–Crippen MR) is 116 cm³/mol. The van der Waals surface area contributed by atoms with Crippen molar-refractivity contribution in [1.82, 2.24) is 9.80 Å². The fraction of sp³-hybridized carbons (Fsp3) is 0.333. The Morgan fingerprint density at radius 1 is 1.13 bits per heavy atom. The number of methoxy groups -OCH3 is 1. The van der Waals surface area contributed by atoms with Crippen LogP contribution in [-0.4, -0.2) is 60.9 Å².